The summed E-state index contributed by atoms with van der Waals surface area (Å²) in [6.07, 6.45) is 1.00. The number of rotatable bonds is 6. The summed E-state index contributed by atoms with van der Waals surface area (Å²) >= 11 is 0. The zero-order valence-electron chi connectivity index (χ0n) is 20.5. The summed E-state index contributed by atoms with van der Waals surface area (Å²) < 4.78 is 33.9. The second-order valence-corrected chi connectivity index (χ2v) is 10.6. The average molecular weight is 481 g/mol. The number of aromatic nitrogens is 2. The van der Waals surface area contributed by atoms with Crippen molar-refractivity contribution in [3.05, 3.63) is 64.7 Å². The first-order valence-electron chi connectivity index (χ1n) is 11.6. The smallest absolute Gasteiger partial charge is 0.243 e. The first-order valence-corrected chi connectivity index (χ1v) is 13.0. The van der Waals surface area contributed by atoms with Crippen LogP contribution in [0.5, 0.6) is 5.75 Å². The second-order valence-electron chi connectivity index (χ2n) is 8.69. The van der Waals surface area contributed by atoms with Gasteiger partial charge in [0.15, 0.2) is 5.82 Å². The van der Waals surface area contributed by atoms with Gasteiger partial charge in [-0.1, -0.05) is 31.2 Å². The molecule has 3 aromatic rings. The third-order valence-electron chi connectivity index (χ3n) is 6.67. The number of methoxy groups -OCH3 is 1. The van der Waals surface area contributed by atoms with E-state index in [-0.39, 0.29) is 0 Å². The van der Waals surface area contributed by atoms with Crippen LogP contribution in [0.15, 0.2) is 47.4 Å². The van der Waals surface area contributed by atoms with Gasteiger partial charge in [-0.3, -0.25) is 0 Å². The van der Waals surface area contributed by atoms with Crippen LogP contribution in [0.1, 0.15) is 29.2 Å². The van der Waals surface area contributed by atoms with Gasteiger partial charge in [0.2, 0.25) is 10.0 Å². The van der Waals surface area contributed by atoms with Crippen molar-refractivity contribution in [1.82, 2.24) is 14.5 Å². The Morgan fingerprint density at radius 3 is 2.15 bits per heavy atom. The van der Waals surface area contributed by atoms with Gasteiger partial charge in [-0.05, 0) is 67.6 Å². The topological polar surface area (TPSA) is 75.6 Å². The highest BCUT2D eigenvalue weighted by molar-refractivity contribution is 7.89. The number of aryl methyl sites for hydroxylation is 2. The van der Waals surface area contributed by atoms with E-state index < -0.39 is 10.0 Å². The van der Waals surface area contributed by atoms with Gasteiger partial charge in [0.25, 0.3) is 0 Å². The lowest BCUT2D eigenvalue weighted by atomic mass is 10.1. The quantitative estimate of drug-likeness (QED) is 0.528. The van der Waals surface area contributed by atoms with Gasteiger partial charge in [-0.25, -0.2) is 8.42 Å². The van der Waals surface area contributed by atoms with Crippen LogP contribution in [0.3, 0.4) is 0 Å². The molecule has 8 heteroatoms. The molecule has 0 atom stereocenters. The molecule has 180 valence electrons. The molecule has 0 spiro atoms. The molecule has 2 heterocycles. The molecule has 34 heavy (non-hydrogen) atoms. The van der Waals surface area contributed by atoms with Crippen LogP contribution in [0, 0.1) is 20.8 Å². The Balaban J connectivity index is 1.47. The highest BCUT2D eigenvalue weighted by Gasteiger charge is 2.31. The summed E-state index contributed by atoms with van der Waals surface area (Å²) in [7, 11) is -1.99. The monoisotopic (exact) mass is 480 g/mol. The Labute approximate surface area is 202 Å². The summed E-state index contributed by atoms with van der Waals surface area (Å²) in [6, 6.07) is 14.0. The van der Waals surface area contributed by atoms with E-state index in [4.69, 9.17) is 4.74 Å². The van der Waals surface area contributed by atoms with E-state index in [9.17, 15) is 8.42 Å². The minimum atomic E-state index is -3.60. The fourth-order valence-corrected chi connectivity index (χ4v) is 6.25. The number of anilines is 1. The molecule has 4 rings (SSSR count). The fraction of sp³-hybridized carbons (Fsp3) is 0.385. The predicted octanol–water partition coefficient (Wildman–Crippen LogP) is 4.15. The summed E-state index contributed by atoms with van der Waals surface area (Å²) in [5, 5.41) is 8.82. The molecule has 1 aromatic heterocycles. The largest absolute Gasteiger partial charge is 0.496 e. The van der Waals surface area contributed by atoms with Gasteiger partial charge in [-0.15, -0.1) is 10.2 Å². The second kappa shape index (κ2) is 9.72. The van der Waals surface area contributed by atoms with Crippen molar-refractivity contribution < 1.29 is 13.2 Å². The van der Waals surface area contributed by atoms with Crippen molar-refractivity contribution in [2.24, 2.45) is 0 Å². The molecule has 1 aliphatic rings. The third kappa shape index (κ3) is 4.52. The van der Waals surface area contributed by atoms with Crippen LogP contribution in [0.4, 0.5) is 5.82 Å². The number of ether oxygens (including phenoxy) is 1. The van der Waals surface area contributed by atoms with Gasteiger partial charge in [0.1, 0.15) is 5.75 Å². The lowest BCUT2D eigenvalue weighted by molar-refractivity contribution is 0.382. The molecule has 0 amide bonds. The van der Waals surface area contributed by atoms with E-state index in [0.717, 1.165) is 45.9 Å². The van der Waals surface area contributed by atoms with E-state index in [2.05, 4.69) is 46.3 Å². The Morgan fingerprint density at radius 1 is 0.912 bits per heavy atom. The van der Waals surface area contributed by atoms with Gasteiger partial charge < -0.3 is 9.64 Å². The standard InChI is InChI=1S/C26H32N4O3S/c1-6-21-7-9-22(10-8-21)23-11-12-25(28-27-23)29-13-15-30(16-14-29)34(31,32)24-17-18(2)26(33-5)20(4)19(24)3/h7-12,17H,6,13-16H2,1-5H3. The average Bonchev–Trinajstić information content (AvgIpc) is 2.86. The summed E-state index contributed by atoms with van der Waals surface area (Å²) in [5.41, 5.74) is 5.57. The Kier molecular flexibility index (Phi) is 6.91. The first kappa shape index (κ1) is 24.2. The molecular formula is C26H32N4O3S. The number of piperazine rings is 1. The summed E-state index contributed by atoms with van der Waals surface area (Å²) in [6.45, 7) is 9.67. The lowest BCUT2D eigenvalue weighted by Gasteiger charge is -2.34. The minimum Gasteiger partial charge on any atom is -0.496 e. The van der Waals surface area contributed by atoms with Gasteiger partial charge in [0, 0.05) is 31.7 Å². The number of sulfonamides is 1. The molecule has 0 aliphatic carbocycles. The zero-order valence-corrected chi connectivity index (χ0v) is 21.3. The lowest BCUT2D eigenvalue weighted by Crippen LogP contribution is -2.49. The molecule has 0 bridgehead atoms. The predicted molar refractivity (Wildman–Crippen MR) is 135 cm³/mol. The number of hydrogen-bond donors (Lipinski definition) is 0. The normalized spacial score (nSPS) is 14.9. The van der Waals surface area contributed by atoms with E-state index in [1.807, 2.05) is 32.9 Å². The number of nitrogens with zero attached hydrogens (tertiary/aromatic N) is 4. The summed E-state index contributed by atoms with van der Waals surface area (Å²) in [4.78, 5) is 2.44. The first-order chi connectivity index (χ1) is 16.3. The molecule has 7 nitrogen and oxygen atoms in total. The Morgan fingerprint density at radius 2 is 1.59 bits per heavy atom. The molecule has 0 saturated carbocycles. The summed E-state index contributed by atoms with van der Waals surface area (Å²) in [5.74, 6) is 1.50. The number of benzene rings is 2. The van der Waals surface area contributed by atoms with Crippen molar-refractivity contribution in [3.63, 3.8) is 0 Å². The van der Waals surface area contributed by atoms with Gasteiger partial charge in [0.05, 0.1) is 17.7 Å². The maximum Gasteiger partial charge on any atom is 0.243 e. The van der Waals surface area contributed by atoms with Crippen molar-refractivity contribution in [2.45, 2.75) is 39.0 Å². The van der Waals surface area contributed by atoms with Crippen LogP contribution >= 0.6 is 0 Å². The van der Waals surface area contributed by atoms with E-state index in [0.29, 0.717) is 31.1 Å². The Hall–Kier alpha value is -2.97. The van der Waals surface area contributed by atoms with Crippen LogP contribution in [-0.4, -0.2) is 56.2 Å². The van der Waals surface area contributed by atoms with E-state index in [1.54, 1.807) is 17.5 Å². The van der Waals surface area contributed by atoms with Crippen molar-refractivity contribution >= 4 is 15.8 Å². The number of hydrogen-bond acceptors (Lipinski definition) is 6. The highest BCUT2D eigenvalue weighted by atomic mass is 32.2. The molecule has 0 radical (unpaired) electrons. The molecule has 0 N–H and O–H groups in total. The molecule has 2 aromatic carbocycles. The highest BCUT2D eigenvalue weighted by Crippen LogP contribution is 2.33. The molecular weight excluding hydrogens is 448 g/mol. The third-order valence-corrected chi connectivity index (χ3v) is 8.70. The van der Waals surface area contributed by atoms with Crippen LogP contribution < -0.4 is 9.64 Å². The molecule has 1 saturated heterocycles. The van der Waals surface area contributed by atoms with Crippen molar-refractivity contribution in [1.29, 1.82) is 0 Å². The zero-order chi connectivity index (χ0) is 24.5. The maximum atomic E-state index is 13.4. The molecule has 1 aliphatic heterocycles. The van der Waals surface area contributed by atoms with Crippen molar-refractivity contribution in [3.8, 4) is 17.0 Å². The van der Waals surface area contributed by atoms with E-state index >= 15 is 0 Å². The Bertz CT molecular complexity index is 1260. The molecule has 0 unspecified atom stereocenters. The fourth-order valence-electron chi connectivity index (χ4n) is 4.46. The van der Waals surface area contributed by atoms with Gasteiger partial charge in [-0.2, -0.15) is 4.31 Å². The SMILES string of the molecule is CCc1ccc(-c2ccc(N3CCN(S(=O)(=O)c4cc(C)c(OC)c(C)c4C)CC3)nn2)cc1. The van der Waals surface area contributed by atoms with Crippen molar-refractivity contribution in [2.75, 3.05) is 38.2 Å². The minimum absolute atomic E-state index is 0.356. The van der Waals surface area contributed by atoms with E-state index in [1.165, 1.54) is 5.56 Å². The van der Waals surface area contributed by atoms with Gasteiger partial charge >= 0.3 is 0 Å². The molecule has 1 fully saturated rings. The van der Waals surface area contributed by atoms with Crippen LogP contribution in [0.25, 0.3) is 11.3 Å². The van der Waals surface area contributed by atoms with Crippen LogP contribution in [-0.2, 0) is 16.4 Å². The van der Waals surface area contributed by atoms with Crippen LogP contribution in [0.2, 0.25) is 0 Å². The maximum absolute atomic E-state index is 13.4.